The number of nitrogens with one attached hydrogen (secondary N) is 1. The largest absolute Gasteiger partial charge is 0.465 e. The van der Waals surface area contributed by atoms with Gasteiger partial charge < -0.3 is 9.72 Å². The van der Waals surface area contributed by atoms with Crippen LogP contribution in [-0.2, 0) is 4.74 Å². The van der Waals surface area contributed by atoms with Crippen molar-refractivity contribution in [3.05, 3.63) is 46.6 Å². The predicted molar refractivity (Wildman–Crippen MR) is 66.2 cm³/mol. The van der Waals surface area contributed by atoms with E-state index in [1.807, 2.05) is 0 Å². The van der Waals surface area contributed by atoms with Gasteiger partial charge >= 0.3 is 5.97 Å². The molecule has 0 saturated carbocycles. The molecule has 0 aliphatic carbocycles. The molecule has 0 aliphatic heterocycles. The molecule has 0 amide bonds. The van der Waals surface area contributed by atoms with E-state index in [-0.39, 0.29) is 5.56 Å². The second-order valence-corrected chi connectivity index (χ2v) is 3.90. The molecule has 4 nitrogen and oxygen atoms in total. The summed E-state index contributed by atoms with van der Waals surface area (Å²) in [6, 6.07) is 3.85. The number of carbonyl (C=O) groups excluding carboxylic acids is 1. The van der Waals surface area contributed by atoms with E-state index in [4.69, 9.17) is 12.2 Å². The Balaban J connectivity index is 2.59. The number of carbonyl (C=O) groups is 1. The summed E-state index contributed by atoms with van der Waals surface area (Å²) in [5, 5.41) is 0. The van der Waals surface area contributed by atoms with Crippen LogP contribution in [0.5, 0.6) is 0 Å². The number of benzene rings is 1. The van der Waals surface area contributed by atoms with E-state index in [0.29, 0.717) is 15.9 Å². The third kappa shape index (κ3) is 2.43. The Kier molecular flexibility index (Phi) is 3.47. The average molecular weight is 264 g/mol. The van der Waals surface area contributed by atoms with Gasteiger partial charge in [0.1, 0.15) is 16.2 Å². The third-order valence-corrected chi connectivity index (χ3v) is 2.61. The van der Waals surface area contributed by atoms with E-state index in [1.54, 1.807) is 6.20 Å². The molecular weight excluding hydrogens is 255 g/mol. The van der Waals surface area contributed by atoms with Gasteiger partial charge in [0, 0.05) is 18.0 Å². The summed E-state index contributed by atoms with van der Waals surface area (Å²) in [6.45, 7) is 0. The first-order chi connectivity index (χ1) is 8.61. The van der Waals surface area contributed by atoms with Crippen molar-refractivity contribution in [3.8, 4) is 11.3 Å². The van der Waals surface area contributed by atoms with Crippen molar-refractivity contribution in [1.29, 1.82) is 0 Å². The standard InChI is InChI=1S/C12H9FN2O2S/c1-17-12(16)8-4-7(5-9(13)6-8)10-11(18)15-3-2-14-10/h2-6H,1H3,(H,15,18). The van der Waals surface area contributed by atoms with Gasteiger partial charge in [0.25, 0.3) is 0 Å². The first-order valence-electron chi connectivity index (χ1n) is 5.05. The minimum absolute atomic E-state index is 0.118. The second kappa shape index (κ2) is 5.05. The molecular formula is C12H9FN2O2S. The quantitative estimate of drug-likeness (QED) is 0.669. The van der Waals surface area contributed by atoms with E-state index >= 15 is 0 Å². The Morgan fingerprint density at radius 1 is 1.44 bits per heavy atom. The molecule has 2 aromatic rings. The molecule has 92 valence electrons. The van der Waals surface area contributed by atoms with Crippen LogP contribution in [-0.4, -0.2) is 23.0 Å². The Bertz CT molecular complexity index is 655. The maximum atomic E-state index is 13.5. The predicted octanol–water partition coefficient (Wildman–Crippen LogP) is 2.73. The second-order valence-electron chi connectivity index (χ2n) is 3.49. The zero-order valence-corrected chi connectivity index (χ0v) is 10.3. The fourth-order valence-corrected chi connectivity index (χ4v) is 1.76. The molecule has 0 fully saturated rings. The molecule has 18 heavy (non-hydrogen) atoms. The summed E-state index contributed by atoms with van der Waals surface area (Å²) in [5.41, 5.74) is 0.960. The van der Waals surface area contributed by atoms with Gasteiger partial charge in [-0.1, -0.05) is 12.2 Å². The van der Waals surface area contributed by atoms with Gasteiger partial charge in [-0.15, -0.1) is 0 Å². The molecule has 1 aromatic heterocycles. The number of nitrogens with zero attached hydrogens (tertiary/aromatic N) is 1. The van der Waals surface area contributed by atoms with Crippen LogP contribution in [0.3, 0.4) is 0 Å². The first kappa shape index (κ1) is 12.4. The number of H-pyrrole nitrogens is 1. The van der Waals surface area contributed by atoms with Crippen molar-refractivity contribution >= 4 is 18.2 Å². The van der Waals surface area contributed by atoms with E-state index < -0.39 is 11.8 Å². The average Bonchev–Trinajstić information content (AvgIpc) is 2.37. The van der Waals surface area contributed by atoms with Crippen LogP contribution in [0.15, 0.2) is 30.6 Å². The summed E-state index contributed by atoms with van der Waals surface area (Å²) in [4.78, 5) is 18.2. The summed E-state index contributed by atoms with van der Waals surface area (Å²) >= 11 is 5.06. The van der Waals surface area contributed by atoms with Crippen LogP contribution in [0.25, 0.3) is 11.3 Å². The molecule has 0 bridgehead atoms. The van der Waals surface area contributed by atoms with Crippen molar-refractivity contribution in [2.75, 3.05) is 7.11 Å². The fraction of sp³-hybridized carbons (Fsp3) is 0.0833. The van der Waals surface area contributed by atoms with Gasteiger partial charge in [-0.25, -0.2) is 9.18 Å². The van der Waals surface area contributed by atoms with Crippen LogP contribution < -0.4 is 0 Å². The maximum absolute atomic E-state index is 13.5. The highest BCUT2D eigenvalue weighted by atomic mass is 32.1. The fourth-order valence-electron chi connectivity index (χ4n) is 1.52. The molecule has 0 atom stereocenters. The Hall–Kier alpha value is -2.08. The number of aromatic amines is 1. The summed E-state index contributed by atoms with van der Waals surface area (Å²) < 4.78 is 18.4. The van der Waals surface area contributed by atoms with E-state index in [2.05, 4.69) is 14.7 Å². The third-order valence-electron chi connectivity index (χ3n) is 2.30. The van der Waals surface area contributed by atoms with Crippen LogP contribution >= 0.6 is 12.2 Å². The first-order valence-corrected chi connectivity index (χ1v) is 5.45. The SMILES string of the molecule is COC(=O)c1cc(F)cc(-c2ncc[nH]c2=S)c1. The van der Waals surface area contributed by atoms with Gasteiger partial charge in [0.05, 0.1) is 12.7 Å². The highest BCUT2D eigenvalue weighted by Gasteiger charge is 2.11. The molecule has 0 radical (unpaired) electrons. The molecule has 0 aliphatic rings. The lowest BCUT2D eigenvalue weighted by Gasteiger charge is -2.04. The van der Waals surface area contributed by atoms with Crippen molar-refractivity contribution < 1.29 is 13.9 Å². The summed E-state index contributed by atoms with van der Waals surface area (Å²) in [6.07, 6.45) is 3.08. The molecule has 0 unspecified atom stereocenters. The minimum atomic E-state index is -0.610. The number of methoxy groups -OCH3 is 1. The number of ether oxygens (including phenoxy) is 1. The topological polar surface area (TPSA) is 55.0 Å². The molecule has 0 spiro atoms. The monoisotopic (exact) mass is 264 g/mol. The van der Waals surface area contributed by atoms with Crippen molar-refractivity contribution in [3.63, 3.8) is 0 Å². The lowest BCUT2D eigenvalue weighted by atomic mass is 10.1. The lowest BCUT2D eigenvalue weighted by Crippen LogP contribution is -2.02. The Labute approximate surface area is 107 Å². The highest BCUT2D eigenvalue weighted by molar-refractivity contribution is 7.71. The lowest BCUT2D eigenvalue weighted by molar-refractivity contribution is 0.0600. The van der Waals surface area contributed by atoms with Crippen LogP contribution in [0.2, 0.25) is 0 Å². The molecule has 0 saturated heterocycles. The molecule has 1 N–H and O–H groups in total. The molecule has 1 heterocycles. The normalized spacial score (nSPS) is 10.1. The molecule has 1 aromatic carbocycles. The number of halogens is 1. The number of hydrogen-bond acceptors (Lipinski definition) is 4. The minimum Gasteiger partial charge on any atom is -0.465 e. The highest BCUT2D eigenvalue weighted by Crippen LogP contribution is 2.20. The smallest absolute Gasteiger partial charge is 0.337 e. The zero-order valence-electron chi connectivity index (χ0n) is 9.44. The number of esters is 1. The van der Waals surface area contributed by atoms with Crippen LogP contribution in [0.4, 0.5) is 4.39 Å². The van der Waals surface area contributed by atoms with E-state index in [1.165, 1.54) is 25.4 Å². The number of hydrogen-bond donors (Lipinski definition) is 1. The summed E-state index contributed by atoms with van der Waals surface area (Å²) in [7, 11) is 1.24. The molecule has 2 rings (SSSR count). The maximum Gasteiger partial charge on any atom is 0.337 e. The van der Waals surface area contributed by atoms with Gasteiger partial charge in [0.15, 0.2) is 0 Å². The zero-order chi connectivity index (χ0) is 13.1. The van der Waals surface area contributed by atoms with Gasteiger partial charge in [-0.05, 0) is 18.2 Å². The van der Waals surface area contributed by atoms with Gasteiger partial charge in [-0.2, -0.15) is 0 Å². The van der Waals surface area contributed by atoms with Crippen molar-refractivity contribution in [2.45, 2.75) is 0 Å². The van der Waals surface area contributed by atoms with Crippen molar-refractivity contribution in [1.82, 2.24) is 9.97 Å². The van der Waals surface area contributed by atoms with Gasteiger partial charge in [-0.3, -0.25) is 4.98 Å². The van der Waals surface area contributed by atoms with E-state index in [9.17, 15) is 9.18 Å². The van der Waals surface area contributed by atoms with Crippen molar-refractivity contribution in [2.24, 2.45) is 0 Å². The Morgan fingerprint density at radius 2 is 2.22 bits per heavy atom. The summed E-state index contributed by atoms with van der Waals surface area (Å²) in [5.74, 6) is -1.16. The van der Waals surface area contributed by atoms with Crippen LogP contribution in [0.1, 0.15) is 10.4 Å². The van der Waals surface area contributed by atoms with Gasteiger partial charge in [0.2, 0.25) is 0 Å². The number of rotatable bonds is 2. The van der Waals surface area contributed by atoms with E-state index in [0.717, 1.165) is 6.07 Å². The Morgan fingerprint density at radius 3 is 2.89 bits per heavy atom. The number of aromatic nitrogens is 2. The van der Waals surface area contributed by atoms with Crippen LogP contribution in [0, 0.1) is 10.5 Å². The molecule has 6 heteroatoms.